The minimum absolute atomic E-state index is 0.0752. The molecule has 13 heavy (non-hydrogen) atoms. The highest BCUT2D eigenvalue weighted by molar-refractivity contribution is 5.76. The molecule has 0 bridgehead atoms. The van der Waals surface area contributed by atoms with E-state index in [-0.39, 0.29) is 18.6 Å². The summed E-state index contributed by atoms with van der Waals surface area (Å²) in [6.07, 6.45) is 2.68. The van der Waals surface area contributed by atoms with Gasteiger partial charge in [0.1, 0.15) is 0 Å². The van der Waals surface area contributed by atoms with E-state index in [2.05, 4.69) is 6.58 Å². The van der Waals surface area contributed by atoms with E-state index >= 15 is 0 Å². The third-order valence-electron chi connectivity index (χ3n) is 1.82. The summed E-state index contributed by atoms with van der Waals surface area (Å²) in [7, 11) is 0. The molecule has 0 aliphatic heterocycles. The second-order valence-electron chi connectivity index (χ2n) is 3.26. The van der Waals surface area contributed by atoms with Gasteiger partial charge in [0.25, 0.3) is 0 Å². The SMILES string of the molecule is C=CCN(C(=O)CCCO)C(C)C. The number of aliphatic hydroxyl groups excluding tert-OH is 1. The van der Waals surface area contributed by atoms with Gasteiger partial charge in [-0.3, -0.25) is 4.79 Å². The number of amides is 1. The molecule has 0 aromatic rings. The van der Waals surface area contributed by atoms with Crippen molar-refractivity contribution in [3.8, 4) is 0 Å². The Morgan fingerprint density at radius 2 is 2.23 bits per heavy atom. The molecule has 0 heterocycles. The number of carbonyl (C=O) groups is 1. The molecule has 0 unspecified atom stereocenters. The molecule has 0 saturated heterocycles. The van der Waals surface area contributed by atoms with Gasteiger partial charge >= 0.3 is 0 Å². The predicted octanol–water partition coefficient (Wildman–Crippen LogP) is 1.18. The molecule has 0 saturated carbocycles. The van der Waals surface area contributed by atoms with Gasteiger partial charge in [0.05, 0.1) is 0 Å². The zero-order valence-corrected chi connectivity index (χ0v) is 8.49. The molecule has 0 radical (unpaired) electrons. The largest absolute Gasteiger partial charge is 0.396 e. The van der Waals surface area contributed by atoms with Crippen molar-refractivity contribution in [1.29, 1.82) is 0 Å². The Hall–Kier alpha value is -0.830. The summed E-state index contributed by atoms with van der Waals surface area (Å²) in [6.45, 7) is 8.21. The summed E-state index contributed by atoms with van der Waals surface area (Å²) in [5.41, 5.74) is 0. The summed E-state index contributed by atoms with van der Waals surface area (Å²) in [6, 6.07) is 0.198. The second-order valence-corrected chi connectivity index (χ2v) is 3.26. The number of nitrogens with zero attached hydrogens (tertiary/aromatic N) is 1. The van der Waals surface area contributed by atoms with Gasteiger partial charge in [0, 0.05) is 25.6 Å². The molecule has 0 fully saturated rings. The maximum Gasteiger partial charge on any atom is 0.223 e. The second kappa shape index (κ2) is 6.66. The summed E-state index contributed by atoms with van der Waals surface area (Å²) in [5, 5.41) is 8.57. The summed E-state index contributed by atoms with van der Waals surface area (Å²) in [5.74, 6) is 0.0870. The summed E-state index contributed by atoms with van der Waals surface area (Å²) >= 11 is 0. The molecule has 0 aromatic heterocycles. The maximum atomic E-state index is 11.5. The van der Waals surface area contributed by atoms with Crippen LogP contribution in [0.15, 0.2) is 12.7 Å². The van der Waals surface area contributed by atoms with Gasteiger partial charge < -0.3 is 10.0 Å². The summed E-state index contributed by atoms with van der Waals surface area (Å²) < 4.78 is 0. The molecule has 0 rings (SSSR count). The first-order valence-electron chi connectivity index (χ1n) is 4.64. The van der Waals surface area contributed by atoms with Gasteiger partial charge in [-0.05, 0) is 20.3 Å². The highest BCUT2D eigenvalue weighted by Crippen LogP contribution is 2.03. The average Bonchev–Trinajstić information content (AvgIpc) is 2.09. The topological polar surface area (TPSA) is 40.5 Å². The molecule has 3 nitrogen and oxygen atoms in total. The Balaban J connectivity index is 4.03. The van der Waals surface area contributed by atoms with Crippen LogP contribution in [-0.2, 0) is 4.79 Å². The average molecular weight is 185 g/mol. The number of rotatable bonds is 6. The van der Waals surface area contributed by atoms with E-state index in [9.17, 15) is 4.79 Å². The molecule has 0 atom stereocenters. The van der Waals surface area contributed by atoms with Crippen molar-refractivity contribution in [2.45, 2.75) is 32.7 Å². The monoisotopic (exact) mass is 185 g/mol. The molecular weight excluding hydrogens is 166 g/mol. The van der Waals surface area contributed by atoms with Crippen LogP contribution in [0.4, 0.5) is 0 Å². The van der Waals surface area contributed by atoms with Gasteiger partial charge in [-0.25, -0.2) is 0 Å². The fourth-order valence-electron chi connectivity index (χ4n) is 1.11. The van der Waals surface area contributed by atoms with Crippen LogP contribution in [0.3, 0.4) is 0 Å². The lowest BCUT2D eigenvalue weighted by Gasteiger charge is -2.25. The maximum absolute atomic E-state index is 11.5. The minimum atomic E-state index is 0.0752. The number of carbonyl (C=O) groups excluding carboxylic acids is 1. The van der Waals surface area contributed by atoms with Crippen LogP contribution in [0.1, 0.15) is 26.7 Å². The zero-order valence-electron chi connectivity index (χ0n) is 8.49. The van der Waals surface area contributed by atoms with Crippen molar-refractivity contribution >= 4 is 5.91 Å². The molecule has 3 heteroatoms. The molecule has 1 N–H and O–H groups in total. The van der Waals surface area contributed by atoms with Crippen molar-refractivity contribution in [2.24, 2.45) is 0 Å². The third-order valence-corrected chi connectivity index (χ3v) is 1.82. The first-order chi connectivity index (χ1) is 6.13. The lowest BCUT2D eigenvalue weighted by Crippen LogP contribution is -2.36. The summed E-state index contributed by atoms with van der Waals surface area (Å²) in [4.78, 5) is 13.3. The van der Waals surface area contributed by atoms with Crippen LogP contribution in [0.2, 0.25) is 0 Å². The van der Waals surface area contributed by atoms with Crippen molar-refractivity contribution in [3.05, 3.63) is 12.7 Å². The fourth-order valence-corrected chi connectivity index (χ4v) is 1.11. The quantitative estimate of drug-likeness (QED) is 0.631. The van der Waals surface area contributed by atoms with E-state index in [0.29, 0.717) is 19.4 Å². The third kappa shape index (κ3) is 4.68. The molecule has 1 amide bonds. The smallest absolute Gasteiger partial charge is 0.223 e. The molecular formula is C10H19NO2. The van der Waals surface area contributed by atoms with Crippen molar-refractivity contribution < 1.29 is 9.90 Å². The van der Waals surface area contributed by atoms with E-state index in [1.54, 1.807) is 11.0 Å². The molecule has 0 spiro atoms. The van der Waals surface area contributed by atoms with Gasteiger partial charge in [0.15, 0.2) is 0 Å². The van der Waals surface area contributed by atoms with Crippen LogP contribution in [-0.4, -0.2) is 35.1 Å². The van der Waals surface area contributed by atoms with Crippen LogP contribution in [0.25, 0.3) is 0 Å². The van der Waals surface area contributed by atoms with Crippen molar-refractivity contribution in [1.82, 2.24) is 4.90 Å². The number of hydrogen-bond donors (Lipinski definition) is 1. The van der Waals surface area contributed by atoms with E-state index in [1.807, 2.05) is 13.8 Å². The molecule has 0 aliphatic rings. The standard InChI is InChI=1S/C10H19NO2/c1-4-7-11(9(2)3)10(13)6-5-8-12/h4,9,12H,1,5-8H2,2-3H3. The highest BCUT2D eigenvalue weighted by atomic mass is 16.3. The van der Waals surface area contributed by atoms with Crippen LogP contribution in [0.5, 0.6) is 0 Å². The first-order valence-corrected chi connectivity index (χ1v) is 4.64. The van der Waals surface area contributed by atoms with Gasteiger partial charge in [-0.15, -0.1) is 6.58 Å². The molecule has 0 aliphatic carbocycles. The first kappa shape index (κ1) is 12.2. The number of hydrogen-bond acceptors (Lipinski definition) is 2. The minimum Gasteiger partial charge on any atom is -0.396 e. The van der Waals surface area contributed by atoms with E-state index in [4.69, 9.17) is 5.11 Å². The lowest BCUT2D eigenvalue weighted by atomic mass is 10.2. The van der Waals surface area contributed by atoms with Gasteiger partial charge in [-0.2, -0.15) is 0 Å². The Bertz CT molecular complexity index is 166. The normalized spacial score (nSPS) is 10.2. The van der Waals surface area contributed by atoms with E-state index < -0.39 is 0 Å². The Labute approximate surface area is 80.0 Å². The zero-order chi connectivity index (χ0) is 10.3. The van der Waals surface area contributed by atoms with Gasteiger partial charge in [-0.1, -0.05) is 6.08 Å². The van der Waals surface area contributed by atoms with E-state index in [0.717, 1.165) is 0 Å². The van der Waals surface area contributed by atoms with Crippen molar-refractivity contribution in [3.63, 3.8) is 0 Å². The highest BCUT2D eigenvalue weighted by Gasteiger charge is 2.14. The predicted molar refractivity (Wildman–Crippen MR) is 53.4 cm³/mol. The molecule has 76 valence electrons. The Kier molecular flexibility index (Phi) is 6.24. The Morgan fingerprint density at radius 1 is 1.62 bits per heavy atom. The van der Waals surface area contributed by atoms with E-state index in [1.165, 1.54) is 0 Å². The van der Waals surface area contributed by atoms with Crippen molar-refractivity contribution in [2.75, 3.05) is 13.2 Å². The van der Waals surface area contributed by atoms with Crippen LogP contribution >= 0.6 is 0 Å². The van der Waals surface area contributed by atoms with Crippen LogP contribution in [0, 0.1) is 0 Å². The fraction of sp³-hybridized carbons (Fsp3) is 0.700. The lowest BCUT2D eigenvalue weighted by molar-refractivity contribution is -0.132. The number of aliphatic hydroxyl groups is 1. The molecule has 0 aromatic carbocycles. The van der Waals surface area contributed by atoms with Crippen LogP contribution < -0.4 is 0 Å². The van der Waals surface area contributed by atoms with Gasteiger partial charge in [0.2, 0.25) is 5.91 Å². The Morgan fingerprint density at radius 3 is 2.62 bits per heavy atom.